The summed E-state index contributed by atoms with van der Waals surface area (Å²) in [5.74, 6) is 0.174. The Morgan fingerprint density at radius 2 is 2.00 bits per heavy atom. The van der Waals surface area contributed by atoms with E-state index in [0.29, 0.717) is 0 Å². The van der Waals surface area contributed by atoms with Crippen LogP contribution in [0.4, 0.5) is 0 Å². The van der Waals surface area contributed by atoms with Gasteiger partial charge in [-0.2, -0.15) is 0 Å². The monoisotopic (exact) mass is 154 g/mol. The summed E-state index contributed by atoms with van der Waals surface area (Å²) in [5, 5.41) is 8.91. The molecule has 0 amide bonds. The van der Waals surface area contributed by atoms with Gasteiger partial charge < -0.3 is 5.11 Å². The molecule has 1 nitrogen and oxygen atoms in total. The van der Waals surface area contributed by atoms with Gasteiger partial charge in [-0.25, -0.2) is 0 Å². The van der Waals surface area contributed by atoms with Gasteiger partial charge in [0.05, 0.1) is 0 Å². The van der Waals surface area contributed by atoms with E-state index in [-0.39, 0.29) is 17.9 Å². The van der Waals surface area contributed by atoms with Crippen molar-refractivity contribution in [1.29, 1.82) is 0 Å². The van der Waals surface area contributed by atoms with Gasteiger partial charge in [0.15, 0.2) is 0 Å². The summed E-state index contributed by atoms with van der Waals surface area (Å²) in [4.78, 5) is 0. The zero-order valence-electron chi connectivity index (χ0n) is 7.94. The Balaban J connectivity index is 4.58. The highest BCUT2D eigenvalue weighted by molar-refractivity contribution is 5.11. The average Bonchev–Trinajstić information content (AvgIpc) is 1.86. The predicted octanol–water partition coefficient (Wildman–Crippen LogP) is 2.37. The minimum atomic E-state index is 0.0733. The van der Waals surface area contributed by atoms with E-state index in [1.165, 1.54) is 0 Å². The fourth-order valence-electron chi connectivity index (χ4n) is 1.27. The summed E-state index contributed by atoms with van der Waals surface area (Å²) in [6.45, 7) is 12.1. The number of hydrogen-bond acceptors (Lipinski definition) is 1. The molecule has 64 valence electrons. The third-order valence-electron chi connectivity index (χ3n) is 1.77. The van der Waals surface area contributed by atoms with Crippen LogP contribution in [0.15, 0.2) is 17.9 Å². The van der Waals surface area contributed by atoms with Gasteiger partial charge >= 0.3 is 0 Å². The van der Waals surface area contributed by atoms with Crippen LogP contribution in [0.5, 0.6) is 0 Å². The molecule has 1 N–H and O–H groups in total. The van der Waals surface area contributed by atoms with Gasteiger partial charge in [-0.1, -0.05) is 34.3 Å². The lowest BCUT2D eigenvalue weighted by Crippen LogP contribution is -2.17. The lowest BCUT2D eigenvalue weighted by molar-refractivity contribution is 0.239. The van der Waals surface area contributed by atoms with E-state index < -0.39 is 0 Å². The molecule has 1 unspecified atom stereocenters. The Kier molecular flexibility index (Phi) is 3.57. The fourth-order valence-corrected chi connectivity index (χ4v) is 1.27. The summed E-state index contributed by atoms with van der Waals surface area (Å²) < 4.78 is 0. The third-order valence-corrected chi connectivity index (χ3v) is 1.77. The van der Waals surface area contributed by atoms with Crippen LogP contribution in [0.25, 0.3) is 0 Å². The van der Waals surface area contributed by atoms with Crippen molar-refractivity contribution in [3.8, 4) is 0 Å². The molecule has 0 aromatic heterocycles. The maximum absolute atomic E-state index is 8.91. The first-order valence-electron chi connectivity index (χ1n) is 3.94. The molecule has 0 fully saturated rings. The standard InChI is InChI=1S/C10H18O/c1-6-9(8(2)7-11)10(3,4)5/h8,11H,1,7H2,2-5H3. The molecule has 0 spiro atoms. The van der Waals surface area contributed by atoms with Crippen LogP contribution >= 0.6 is 0 Å². The molecule has 0 bridgehead atoms. The van der Waals surface area contributed by atoms with Crippen LogP contribution in [0.3, 0.4) is 0 Å². The van der Waals surface area contributed by atoms with Crippen LogP contribution in [-0.4, -0.2) is 11.7 Å². The van der Waals surface area contributed by atoms with E-state index >= 15 is 0 Å². The van der Waals surface area contributed by atoms with Gasteiger partial charge in [0.1, 0.15) is 0 Å². The molecular formula is C10H18O. The quantitative estimate of drug-likeness (QED) is 0.605. The van der Waals surface area contributed by atoms with Gasteiger partial charge in [-0.15, -0.1) is 5.73 Å². The molecule has 0 aliphatic carbocycles. The van der Waals surface area contributed by atoms with Gasteiger partial charge in [0.25, 0.3) is 0 Å². The van der Waals surface area contributed by atoms with Crippen molar-refractivity contribution >= 4 is 0 Å². The summed E-state index contributed by atoms with van der Waals surface area (Å²) >= 11 is 0. The number of aliphatic hydroxyl groups excluding tert-OH is 1. The van der Waals surface area contributed by atoms with Crippen LogP contribution in [-0.2, 0) is 0 Å². The Morgan fingerprint density at radius 1 is 1.55 bits per heavy atom. The lowest BCUT2D eigenvalue weighted by Gasteiger charge is -2.25. The van der Waals surface area contributed by atoms with E-state index in [0.717, 1.165) is 5.57 Å². The minimum absolute atomic E-state index is 0.0733. The summed E-state index contributed by atoms with van der Waals surface area (Å²) in [6.07, 6.45) is 0. The lowest BCUT2D eigenvalue weighted by atomic mass is 9.80. The first-order valence-corrected chi connectivity index (χ1v) is 3.94. The number of rotatable bonds is 2. The molecular weight excluding hydrogens is 136 g/mol. The molecule has 0 aromatic rings. The number of hydrogen-bond donors (Lipinski definition) is 1. The van der Waals surface area contributed by atoms with E-state index in [1.54, 1.807) is 0 Å². The normalized spacial score (nSPS) is 13.9. The van der Waals surface area contributed by atoms with Gasteiger partial charge in [0, 0.05) is 12.5 Å². The molecule has 11 heavy (non-hydrogen) atoms. The van der Waals surface area contributed by atoms with E-state index in [2.05, 4.69) is 33.1 Å². The van der Waals surface area contributed by atoms with Crippen LogP contribution < -0.4 is 0 Å². The van der Waals surface area contributed by atoms with Crippen molar-refractivity contribution in [1.82, 2.24) is 0 Å². The largest absolute Gasteiger partial charge is 0.396 e. The molecule has 0 saturated carbocycles. The molecule has 0 rings (SSSR count). The van der Waals surface area contributed by atoms with Gasteiger partial charge in [0.2, 0.25) is 0 Å². The maximum Gasteiger partial charge on any atom is 0.0500 e. The van der Waals surface area contributed by atoms with E-state index in [9.17, 15) is 0 Å². The zero-order chi connectivity index (χ0) is 9.07. The number of aliphatic hydroxyl groups is 1. The highest BCUT2D eigenvalue weighted by Gasteiger charge is 2.21. The van der Waals surface area contributed by atoms with Crippen molar-refractivity contribution in [2.45, 2.75) is 27.7 Å². The highest BCUT2D eigenvalue weighted by atomic mass is 16.3. The van der Waals surface area contributed by atoms with Crippen molar-refractivity contribution in [3.05, 3.63) is 17.9 Å². The second-order valence-electron chi connectivity index (χ2n) is 3.92. The van der Waals surface area contributed by atoms with Crippen molar-refractivity contribution in [2.75, 3.05) is 6.61 Å². The first-order chi connectivity index (χ1) is 4.93. The third kappa shape index (κ3) is 2.92. The fraction of sp³-hybridized carbons (Fsp3) is 0.700. The van der Waals surface area contributed by atoms with Crippen molar-refractivity contribution < 1.29 is 5.11 Å². The molecule has 0 aromatic carbocycles. The van der Waals surface area contributed by atoms with Crippen molar-refractivity contribution in [2.24, 2.45) is 11.3 Å². The smallest absolute Gasteiger partial charge is 0.0500 e. The van der Waals surface area contributed by atoms with Crippen LogP contribution in [0.2, 0.25) is 0 Å². The Morgan fingerprint density at radius 3 is 2.09 bits per heavy atom. The summed E-state index contributed by atoms with van der Waals surface area (Å²) in [6, 6.07) is 0. The molecule has 0 aliphatic heterocycles. The SMILES string of the molecule is C=C=C(C(C)CO)C(C)(C)C. The topological polar surface area (TPSA) is 20.2 Å². The summed E-state index contributed by atoms with van der Waals surface area (Å²) in [5.41, 5.74) is 4.07. The molecule has 0 heterocycles. The second kappa shape index (κ2) is 3.75. The van der Waals surface area contributed by atoms with Crippen LogP contribution in [0.1, 0.15) is 27.7 Å². The second-order valence-corrected chi connectivity index (χ2v) is 3.92. The van der Waals surface area contributed by atoms with E-state index in [1.807, 2.05) is 6.92 Å². The predicted molar refractivity (Wildman–Crippen MR) is 48.4 cm³/mol. The van der Waals surface area contributed by atoms with Crippen molar-refractivity contribution in [3.63, 3.8) is 0 Å². The summed E-state index contributed by atoms with van der Waals surface area (Å²) in [7, 11) is 0. The molecule has 1 atom stereocenters. The first kappa shape index (κ1) is 10.5. The minimum Gasteiger partial charge on any atom is -0.396 e. The highest BCUT2D eigenvalue weighted by Crippen LogP contribution is 2.29. The Hall–Kier alpha value is -0.520. The Bertz CT molecular complexity index is 168. The van der Waals surface area contributed by atoms with Gasteiger partial charge in [-0.05, 0) is 11.0 Å². The molecule has 0 aliphatic rings. The van der Waals surface area contributed by atoms with Gasteiger partial charge in [-0.3, -0.25) is 0 Å². The van der Waals surface area contributed by atoms with E-state index in [4.69, 9.17) is 5.11 Å². The zero-order valence-corrected chi connectivity index (χ0v) is 7.94. The average molecular weight is 154 g/mol. The molecule has 0 saturated heterocycles. The molecule has 0 radical (unpaired) electrons. The maximum atomic E-state index is 8.91. The van der Waals surface area contributed by atoms with Crippen LogP contribution in [0, 0.1) is 11.3 Å². The molecule has 1 heteroatoms. The Labute approximate surface area is 69.4 Å².